The summed E-state index contributed by atoms with van der Waals surface area (Å²) < 4.78 is 0. The molecule has 2 aromatic carbocycles. The molecule has 5 nitrogen and oxygen atoms in total. The molecule has 2 aromatic rings. The van der Waals surface area contributed by atoms with Gasteiger partial charge in [-0.3, -0.25) is 0 Å². The van der Waals surface area contributed by atoms with E-state index in [4.69, 9.17) is 5.26 Å². The molecule has 0 unspecified atom stereocenters. The number of hydrogen-bond donors (Lipinski definition) is 1. The van der Waals surface area contributed by atoms with E-state index < -0.39 is 0 Å². The summed E-state index contributed by atoms with van der Waals surface area (Å²) in [5.41, 5.74) is 2.04. The van der Waals surface area contributed by atoms with Crippen LogP contribution in [0.25, 0.3) is 10.8 Å². The molecule has 4 rings (SSSR count). The fourth-order valence-corrected chi connectivity index (χ4v) is 4.05. The Morgan fingerprint density at radius 2 is 1.59 bits per heavy atom. The van der Waals surface area contributed by atoms with Gasteiger partial charge in [-0.15, -0.1) is 12.4 Å². The van der Waals surface area contributed by atoms with Gasteiger partial charge in [-0.1, -0.05) is 24.3 Å². The van der Waals surface area contributed by atoms with Crippen LogP contribution >= 0.6 is 12.4 Å². The lowest BCUT2D eigenvalue weighted by molar-refractivity contribution is 0.134. The lowest BCUT2D eigenvalue weighted by Crippen LogP contribution is -2.52. The zero-order valence-electron chi connectivity index (χ0n) is 15.4. The molecule has 0 bridgehead atoms. The first kappa shape index (κ1) is 19.5. The molecule has 2 amide bonds. The maximum Gasteiger partial charge on any atom is 0.320 e. The van der Waals surface area contributed by atoms with Crippen LogP contribution in [0.5, 0.6) is 0 Å². The van der Waals surface area contributed by atoms with Crippen LogP contribution in [0.1, 0.15) is 29.9 Å². The number of fused-ring (bicyclic) bond motifs is 1. The van der Waals surface area contributed by atoms with E-state index in [-0.39, 0.29) is 18.4 Å². The molecule has 2 aliphatic heterocycles. The van der Waals surface area contributed by atoms with Crippen molar-refractivity contribution in [3.63, 3.8) is 0 Å². The SMILES string of the molecule is Cl.N#Cc1ccc2cc(C3CCN(C(=O)N4CCNCC4)CC3)ccc2c1. The summed E-state index contributed by atoms with van der Waals surface area (Å²) in [5.74, 6) is 0.502. The highest BCUT2D eigenvalue weighted by Crippen LogP contribution is 2.30. The number of nitrogens with one attached hydrogen (secondary N) is 1. The molecule has 0 atom stereocenters. The standard InChI is InChI=1S/C21H24N4O.ClH/c22-15-16-1-2-20-14-19(4-3-18(20)13-16)17-5-9-24(10-6-17)21(26)25-11-7-23-8-12-25;/h1-4,13-14,17,23H,5-12H2;1H. The lowest BCUT2D eigenvalue weighted by Gasteiger charge is -2.37. The Morgan fingerprint density at radius 1 is 0.963 bits per heavy atom. The fourth-order valence-electron chi connectivity index (χ4n) is 4.05. The number of hydrogen-bond acceptors (Lipinski definition) is 3. The number of carbonyl (C=O) groups excluding carboxylic acids is 1. The van der Waals surface area contributed by atoms with Crippen molar-refractivity contribution in [2.24, 2.45) is 0 Å². The highest BCUT2D eigenvalue weighted by molar-refractivity contribution is 5.85. The van der Waals surface area contributed by atoms with E-state index in [2.05, 4.69) is 29.6 Å². The van der Waals surface area contributed by atoms with E-state index >= 15 is 0 Å². The zero-order chi connectivity index (χ0) is 17.9. The minimum atomic E-state index is 0. The van der Waals surface area contributed by atoms with E-state index in [1.807, 2.05) is 28.0 Å². The number of amides is 2. The maximum atomic E-state index is 12.6. The molecule has 0 spiro atoms. The Bertz CT molecular complexity index is 849. The summed E-state index contributed by atoms with van der Waals surface area (Å²) in [6, 6.07) is 14.8. The van der Waals surface area contributed by atoms with E-state index in [0.29, 0.717) is 11.5 Å². The number of piperidine rings is 1. The van der Waals surface area contributed by atoms with Gasteiger partial charge in [0.05, 0.1) is 11.6 Å². The van der Waals surface area contributed by atoms with Gasteiger partial charge >= 0.3 is 6.03 Å². The van der Waals surface area contributed by atoms with Crippen LogP contribution in [0.15, 0.2) is 36.4 Å². The molecule has 0 saturated carbocycles. The third kappa shape index (κ3) is 4.18. The van der Waals surface area contributed by atoms with E-state index in [9.17, 15) is 4.79 Å². The topological polar surface area (TPSA) is 59.4 Å². The minimum Gasteiger partial charge on any atom is -0.325 e. The molecule has 2 aliphatic rings. The number of urea groups is 1. The smallest absolute Gasteiger partial charge is 0.320 e. The van der Waals surface area contributed by atoms with E-state index in [0.717, 1.165) is 57.5 Å². The second-order valence-corrected chi connectivity index (χ2v) is 7.21. The van der Waals surface area contributed by atoms with Crippen LogP contribution in [-0.2, 0) is 0 Å². The van der Waals surface area contributed by atoms with Gasteiger partial charge in [0.25, 0.3) is 0 Å². The van der Waals surface area contributed by atoms with Crippen LogP contribution in [0.4, 0.5) is 4.79 Å². The van der Waals surface area contributed by atoms with E-state index in [1.54, 1.807) is 0 Å². The van der Waals surface area contributed by atoms with Crippen molar-refractivity contribution in [2.75, 3.05) is 39.3 Å². The van der Waals surface area contributed by atoms with Crippen molar-refractivity contribution < 1.29 is 4.79 Å². The lowest BCUT2D eigenvalue weighted by atomic mass is 9.88. The molecule has 2 fully saturated rings. The molecule has 6 heteroatoms. The predicted molar refractivity (Wildman–Crippen MR) is 109 cm³/mol. The van der Waals surface area contributed by atoms with Gasteiger partial charge in [0.2, 0.25) is 0 Å². The molecule has 2 heterocycles. The summed E-state index contributed by atoms with van der Waals surface area (Å²) in [6.07, 6.45) is 2.03. The average molecular weight is 385 g/mol. The Labute approximate surface area is 166 Å². The van der Waals surface area contributed by atoms with E-state index in [1.165, 1.54) is 10.9 Å². The van der Waals surface area contributed by atoms with Crippen molar-refractivity contribution in [1.29, 1.82) is 5.26 Å². The van der Waals surface area contributed by atoms with Crippen molar-refractivity contribution in [3.05, 3.63) is 47.5 Å². The molecule has 1 N–H and O–H groups in total. The first-order chi connectivity index (χ1) is 12.7. The van der Waals surface area contributed by atoms with Crippen LogP contribution in [0, 0.1) is 11.3 Å². The van der Waals surface area contributed by atoms with Gasteiger partial charge in [-0.2, -0.15) is 5.26 Å². The van der Waals surface area contributed by atoms with Gasteiger partial charge in [-0.25, -0.2) is 4.79 Å². The first-order valence-corrected chi connectivity index (χ1v) is 9.43. The summed E-state index contributed by atoms with van der Waals surface area (Å²) in [5, 5.41) is 14.6. The second kappa shape index (κ2) is 8.60. The number of rotatable bonds is 1. The highest BCUT2D eigenvalue weighted by Gasteiger charge is 2.27. The van der Waals surface area contributed by atoms with Crippen LogP contribution in [0.2, 0.25) is 0 Å². The van der Waals surface area contributed by atoms with Gasteiger partial charge in [0, 0.05) is 39.3 Å². The third-order valence-corrected chi connectivity index (χ3v) is 5.62. The molecular formula is C21H25ClN4O. The van der Waals surface area contributed by atoms with Crippen molar-refractivity contribution in [1.82, 2.24) is 15.1 Å². The van der Waals surface area contributed by atoms with Gasteiger partial charge in [-0.05, 0) is 47.2 Å². The Balaban J connectivity index is 0.00000210. The number of benzene rings is 2. The van der Waals surface area contributed by atoms with Crippen LogP contribution in [-0.4, -0.2) is 55.1 Å². The van der Waals surface area contributed by atoms with Crippen molar-refractivity contribution in [2.45, 2.75) is 18.8 Å². The minimum absolute atomic E-state index is 0. The molecule has 27 heavy (non-hydrogen) atoms. The molecule has 2 saturated heterocycles. The molecular weight excluding hydrogens is 360 g/mol. The Morgan fingerprint density at radius 3 is 2.30 bits per heavy atom. The number of nitrogens with zero attached hydrogens (tertiary/aromatic N) is 3. The third-order valence-electron chi connectivity index (χ3n) is 5.62. The molecule has 0 aromatic heterocycles. The number of piperazine rings is 1. The number of carbonyl (C=O) groups is 1. The fraction of sp³-hybridized carbons (Fsp3) is 0.429. The van der Waals surface area contributed by atoms with Crippen LogP contribution < -0.4 is 5.32 Å². The van der Waals surface area contributed by atoms with Gasteiger partial charge in [0.1, 0.15) is 0 Å². The molecule has 0 aliphatic carbocycles. The first-order valence-electron chi connectivity index (χ1n) is 9.43. The van der Waals surface area contributed by atoms with Gasteiger partial charge in [0.15, 0.2) is 0 Å². The monoisotopic (exact) mass is 384 g/mol. The van der Waals surface area contributed by atoms with Crippen molar-refractivity contribution in [3.8, 4) is 6.07 Å². The molecule has 142 valence electrons. The normalized spacial score (nSPS) is 18.0. The number of halogens is 1. The predicted octanol–water partition coefficient (Wildman–Crippen LogP) is 3.34. The number of nitriles is 1. The summed E-state index contributed by atoms with van der Waals surface area (Å²) >= 11 is 0. The Hall–Kier alpha value is -2.29. The zero-order valence-corrected chi connectivity index (χ0v) is 16.2. The average Bonchev–Trinajstić information content (AvgIpc) is 2.73. The quantitative estimate of drug-likeness (QED) is 0.820. The maximum absolute atomic E-state index is 12.6. The van der Waals surface area contributed by atoms with Gasteiger partial charge < -0.3 is 15.1 Å². The van der Waals surface area contributed by atoms with Crippen LogP contribution in [0.3, 0.4) is 0 Å². The summed E-state index contributed by atoms with van der Waals surface area (Å²) in [4.78, 5) is 16.6. The summed E-state index contributed by atoms with van der Waals surface area (Å²) in [7, 11) is 0. The number of likely N-dealkylation sites (tertiary alicyclic amines) is 1. The summed E-state index contributed by atoms with van der Waals surface area (Å²) in [6.45, 7) is 5.08. The largest absolute Gasteiger partial charge is 0.325 e. The molecule has 0 radical (unpaired) electrons. The highest BCUT2D eigenvalue weighted by atomic mass is 35.5. The second-order valence-electron chi connectivity index (χ2n) is 7.21. The van der Waals surface area contributed by atoms with Crippen molar-refractivity contribution >= 4 is 29.2 Å². The Kier molecular flexibility index (Phi) is 6.20.